The van der Waals surface area contributed by atoms with Crippen molar-refractivity contribution in [2.45, 2.75) is 18.9 Å². The minimum atomic E-state index is -0.814. The maximum absolute atomic E-state index is 12.5. The average molecular weight is 294 g/mol. The number of para-hydroxylation sites is 1. The molecule has 1 aliphatic rings. The first kappa shape index (κ1) is 14.8. The van der Waals surface area contributed by atoms with Crippen LogP contribution in [0.5, 0.6) is 5.75 Å². The molecule has 0 bridgehead atoms. The number of rotatable bonds is 3. The lowest BCUT2D eigenvalue weighted by atomic mass is 10.1. The predicted molar refractivity (Wildman–Crippen MR) is 70.8 cm³/mol. The van der Waals surface area contributed by atoms with Crippen LogP contribution in [0.25, 0.3) is 0 Å². The summed E-state index contributed by atoms with van der Waals surface area (Å²) in [5, 5.41) is 20.6. The summed E-state index contributed by atoms with van der Waals surface area (Å²) in [6.45, 7) is 0.311. The smallest absolute Gasteiger partial charge is 0.328 e. The van der Waals surface area contributed by atoms with E-state index in [-0.39, 0.29) is 5.56 Å². The lowest BCUT2D eigenvalue weighted by Gasteiger charge is -2.22. The van der Waals surface area contributed by atoms with Gasteiger partial charge in [0.15, 0.2) is 5.75 Å². The quantitative estimate of drug-likeness (QED) is 0.507. The second kappa shape index (κ2) is 5.78. The molecule has 0 saturated carbocycles. The number of carbonyl (C=O) groups is 2. The van der Waals surface area contributed by atoms with Crippen molar-refractivity contribution < 1.29 is 24.4 Å². The Kier molecular flexibility index (Phi) is 4.06. The Morgan fingerprint density at radius 1 is 1.48 bits per heavy atom. The van der Waals surface area contributed by atoms with Crippen LogP contribution in [0, 0.1) is 10.1 Å². The van der Waals surface area contributed by atoms with Gasteiger partial charge >= 0.3 is 11.7 Å². The van der Waals surface area contributed by atoms with E-state index in [2.05, 4.69) is 4.74 Å². The molecular weight excluding hydrogens is 280 g/mol. The number of hydrogen-bond donors (Lipinski definition) is 1. The van der Waals surface area contributed by atoms with Crippen LogP contribution in [0.15, 0.2) is 18.2 Å². The topological polar surface area (TPSA) is 110 Å². The molecule has 0 spiro atoms. The number of ether oxygens (including phenoxy) is 1. The maximum atomic E-state index is 12.5. The minimum absolute atomic E-state index is 0.240. The highest BCUT2D eigenvalue weighted by Crippen LogP contribution is 2.32. The van der Waals surface area contributed by atoms with Gasteiger partial charge in [0.05, 0.1) is 12.0 Å². The molecule has 1 saturated heterocycles. The number of carbonyl (C=O) groups excluding carboxylic acids is 2. The van der Waals surface area contributed by atoms with E-state index >= 15 is 0 Å². The van der Waals surface area contributed by atoms with Crippen LogP contribution in [0.2, 0.25) is 0 Å². The van der Waals surface area contributed by atoms with E-state index in [0.717, 1.165) is 6.07 Å². The van der Waals surface area contributed by atoms with Crippen LogP contribution in [0.1, 0.15) is 23.2 Å². The van der Waals surface area contributed by atoms with Crippen molar-refractivity contribution in [2.24, 2.45) is 0 Å². The zero-order valence-corrected chi connectivity index (χ0v) is 11.3. The summed E-state index contributed by atoms with van der Waals surface area (Å²) in [6, 6.07) is 2.99. The highest BCUT2D eigenvalue weighted by atomic mass is 16.6. The van der Waals surface area contributed by atoms with E-state index in [9.17, 15) is 24.8 Å². The van der Waals surface area contributed by atoms with Crippen LogP contribution in [-0.4, -0.2) is 46.5 Å². The average Bonchev–Trinajstić information content (AvgIpc) is 2.94. The third-order valence-corrected chi connectivity index (χ3v) is 3.41. The second-order valence-corrected chi connectivity index (χ2v) is 4.61. The Labute approximate surface area is 120 Å². The van der Waals surface area contributed by atoms with Crippen LogP contribution in [0.4, 0.5) is 5.69 Å². The van der Waals surface area contributed by atoms with Gasteiger partial charge in [0.1, 0.15) is 11.6 Å². The molecule has 2 rings (SSSR count). The van der Waals surface area contributed by atoms with Crippen molar-refractivity contribution in [1.29, 1.82) is 0 Å². The summed E-state index contributed by atoms with van der Waals surface area (Å²) in [6.07, 6.45) is 1.06. The molecule has 8 heteroatoms. The van der Waals surface area contributed by atoms with E-state index in [4.69, 9.17) is 0 Å². The third kappa shape index (κ3) is 2.64. The number of methoxy groups -OCH3 is 1. The van der Waals surface area contributed by atoms with E-state index in [0.29, 0.717) is 19.4 Å². The molecular formula is C13H14N2O6. The third-order valence-electron chi connectivity index (χ3n) is 3.41. The first-order chi connectivity index (χ1) is 9.97. The SMILES string of the molecule is COC(=O)[C@@H]1CCCN1C(=O)c1cccc(O)c1[N+](=O)[O-]. The normalized spacial score (nSPS) is 17.6. The van der Waals surface area contributed by atoms with Gasteiger partial charge in [-0.25, -0.2) is 4.79 Å². The molecule has 112 valence electrons. The fourth-order valence-electron chi connectivity index (χ4n) is 2.44. The summed E-state index contributed by atoms with van der Waals surface area (Å²) >= 11 is 0. The molecule has 0 aromatic heterocycles. The Hall–Kier alpha value is -2.64. The highest BCUT2D eigenvalue weighted by molar-refractivity contribution is 6.01. The Morgan fingerprint density at radius 3 is 2.81 bits per heavy atom. The lowest BCUT2D eigenvalue weighted by molar-refractivity contribution is -0.386. The van der Waals surface area contributed by atoms with Gasteiger partial charge in [0, 0.05) is 6.54 Å². The predicted octanol–water partition coefficient (Wildman–Crippen LogP) is 1.08. The van der Waals surface area contributed by atoms with Gasteiger partial charge in [-0.1, -0.05) is 6.07 Å². The molecule has 1 fully saturated rings. The Bertz CT molecular complexity index is 600. The number of likely N-dealkylation sites (tertiary alicyclic amines) is 1. The monoisotopic (exact) mass is 294 g/mol. The molecule has 1 amide bonds. The number of phenolic OH excluding ortho intramolecular Hbond substituents is 1. The molecule has 1 heterocycles. The number of aromatic hydroxyl groups is 1. The number of nitrogens with zero attached hydrogens (tertiary/aromatic N) is 2. The molecule has 1 N–H and O–H groups in total. The first-order valence-corrected chi connectivity index (χ1v) is 6.32. The minimum Gasteiger partial charge on any atom is -0.502 e. The molecule has 1 aromatic rings. The molecule has 8 nitrogen and oxygen atoms in total. The van der Waals surface area contributed by atoms with Gasteiger partial charge in [-0.15, -0.1) is 0 Å². The zero-order valence-electron chi connectivity index (χ0n) is 11.3. The lowest BCUT2D eigenvalue weighted by Crippen LogP contribution is -2.41. The summed E-state index contributed by atoms with van der Waals surface area (Å²) in [5.41, 5.74) is -0.895. The number of esters is 1. The first-order valence-electron chi connectivity index (χ1n) is 6.32. The van der Waals surface area contributed by atoms with Gasteiger partial charge < -0.3 is 14.7 Å². The number of hydrogen-bond acceptors (Lipinski definition) is 6. The van der Waals surface area contributed by atoms with Crippen LogP contribution in [-0.2, 0) is 9.53 Å². The molecule has 1 aromatic carbocycles. The molecule has 1 aliphatic heterocycles. The van der Waals surface area contributed by atoms with Gasteiger partial charge in [-0.3, -0.25) is 14.9 Å². The molecule has 21 heavy (non-hydrogen) atoms. The molecule has 0 aliphatic carbocycles. The van der Waals surface area contributed by atoms with E-state index in [1.807, 2.05) is 0 Å². The van der Waals surface area contributed by atoms with E-state index in [1.165, 1.54) is 24.1 Å². The summed E-state index contributed by atoms with van der Waals surface area (Å²) in [5.74, 6) is -1.80. The number of benzene rings is 1. The van der Waals surface area contributed by atoms with Gasteiger partial charge in [-0.2, -0.15) is 0 Å². The van der Waals surface area contributed by atoms with Crippen LogP contribution >= 0.6 is 0 Å². The number of nitro benzene ring substituents is 1. The van der Waals surface area contributed by atoms with Gasteiger partial charge in [-0.05, 0) is 25.0 Å². The standard InChI is InChI=1S/C13H14N2O6/c1-21-13(18)9-5-3-7-14(9)12(17)8-4-2-6-10(16)11(8)15(19)20/h2,4,6,9,16H,3,5,7H2,1H3/t9-/m0/s1. The molecule has 1 atom stereocenters. The van der Waals surface area contributed by atoms with Crippen LogP contribution in [0.3, 0.4) is 0 Å². The fourth-order valence-corrected chi connectivity index (χ4v) is 2.44. The number of nitro groups is 1. The fraction of sp³-hybridized carbons (Fsp3) is 0.385. The number of phenols is 1. The van der Waals surface area contributed by atoms with Crippen molar-refractivity contribution in [3.05, 3.63) is 33.9 Å². The van der Waals surface area contributed by atoms with Gasteiger partial charge in [0.2, 0.25) is 0 Å². The van der Waals surface area contributed by atoms with Crippen molar-refractivity contribution in [2.75, 3.05) is 13.7 Å². The van der Waals surface area contributed by atoms with Crippen molar-refractivity contribution in [1.82, 2.24) is 4.90 Å². The number of amides is 1. The second-order valence-electron chi connectivity index (χ2n) is 4.61. The highest BCUT2D eigenvalue weighted by Gasteiger charge is 2.38. The largest absolute Gasteiger partial charge is 0.502 e. The Balaban J connectivity index is 2.39. The zero-order chi connectivity index (χ0) is 15.6. The Morgan fingerprint density at radius 2 is 2.19 bits per heavy atom. The molecule has 0 radical (unpaired) electrons. The maximum Gasteiger partial charge on any atom is 0.328 e. The van der Waals surface area contributed by atoms with E-state index < -0.39 is 34.3 Å². The van der Waals surface area contributed by atoms with Gasteiger partial charge in [0.25, 0.3) is 5.91 Å². The summed E-state index contributed by atoms with van der Waals surface area (Å²) in [7, 11) is 1.22. The van der Waals surface area contributed by atoms with Crippen LogP contribution < -0.4 is 0 Å². The van der Waals surface area contributed by atoms with Crippen molar-refractivity contribution in [3.8, 4) is 5.75 Å². The van der Waals surface area contributed by atoms with E-state index in [1.54, 1.807) is 0 Å². The summed E-state index contributed by atoms with van der Waals surface area (Å²) in [4.78, 5) is 35.6. The van der Waals surface area contributed by atoms with Crippen molar-refractivity contribution >= 4 is 17.6 Å². The summed E-state index contributed by atoms with van der Waals surface area (Å²) < 4.78 is 4.64. The molecule has 0 unspecified atom stereocenters. The van der Waals surface area contributed by atoms with Crippen molar-refractivity contribution in [3.63, 3.8) is 0 Å².